The summed E-state index contributed by atoms with van der Waals surface area (Å²) in [4.78, 5) is 10.3. The van der Waals surface area contributed by atoms with Crippen molar-refractivity contribution in [3.63, 3.8) is 0 Å². The molecule has 8 heteroatoms. The highest BCUT2D eigenvalue weighted by Crippen LogP contribution is 2.23. The Kier molecular flexibility index (Phi) is 4.14. The molecule has 0 fully saturated rings. The second kappa shape index (κ2) is 5.72. The van der Waals surface area contributed by atoms with E-state index in [9.17, 15) is 22.0 Å². The summed E-state index contributed by atoms with van der Waals surface area (Å²) in [6, 6.07) is 5.35. The minimum atomic E-state index is -4.05. The third-order valence-electron chi connectivity index (χ3n) is 2.92. The number of carboxylic acids is 1. The van der Waals surface area contributed by atoms with Crippen LogP contribution in [-0.2, 0) is 15.6 Å². The van der Waals surface area contributed by atoms with Crippen molar-refractivity contribution in [1.29, 1.82) is 0 Å². The predicted octanol–water partition coefficient (Wildman–Crippen LogP) is 2.34. The van der Waals surface area contributed by atoms with E-state index in [4.69, 9.17) is 10.2 Å². The van der Waals surface area contributed by atoms with Gasteiger partial charge in [-0.2, -0.15) is 0 Å². The zero-order chi connectivity index (χ0) is 16.5. The highest BCUT2D eigenvalue weighted by Gasteiger charge is 2.20. The van der Waals surface area contributed by atoms with Gasteiger partial charge in [-0.25, -0.2) is 22.0 Å². The van der Waals surface area contributed by atoms with Crippen molar-refractivity contribution in [3.8, 4) is 5.75 Å². The molecular weight excluding hydrogens is 318 g/mol. The van der Waals surface area contributed by atoms with Crippen molar-refractivity contribution < 1.29 is 32.2 Å². The smallest absolute Gasteiger partial charge is 0.335 e. The van der Waals surface area contributed by atoms with Gasteiger partial charge >= 0.3 is 5.97 Å². The van der Waals surface area contributed by atoms with Crippen LogP contribution < -0.4 is 0 Å². The zero-order valence-corrected chi connectivity index (χ0v) is 11.8. The topological polar surface area (TPSA) is 91.7 Å². The first-order chi connectivity index (χ1) is 10.2. The van der Waals surface area contributed by atoms with Crippen molar-refractivity contribution in [2.75, 3.05) is 0 Å². The Morgan fingerprint density at radius 1 is 1.05 bits per heavy atom. The number of sulfone groups is 1. The minimum absolute atomic E-state index is 0.238. The molecular formula is C14H10F2O5S. The van der Waals surface area contributed by atoms with E-state index in [1.54, 1.807) is 0 Å². The number of hydrogen-bond acceptors (Lipinski definition) is 4. The molecule has 0 spiro atoms. The largest absolute Gasteiger partial charge is 0.505 e. The van der Waals surface area contributed by atoms with E-state index in [1.165, 1.54) is 0 Å². The summed E-state index contributed by atoms with van der Waals surface area (Å²) in [6.45, 7) is 0. The molecule has 116 valence electrons. The summed E-state index contributed by atoms with van der Waals surface area (Å²) in [5.41, 5.74) is -0.548. The number of hydrogen-bond donors (Lipinski definition) is 2. The van der Waals surface area contributed by atoms with Gasteiger partial charge in [-0.3, -0.25) is 0 Å². The van der Waals surface area contributed by atoms with Gasteiger partial charge in [0.15, 0.2) is 21.4 Å². The Bertz CT molecular complexity index is 846. The monoisotopic (exact) mass is 328 g/mol. The van der Waals surface area contributed by atoms with Crippen LogP contribution in [0.25, 0.3) is 0 Å². The van der Waals surface area contributed by atoms with Gasteiger partial charge in [0.2, 0.25) is 0 Å². The lowest BCUT2D eigenvalue weighted by atomic mass is 10.1. The van der Waals surface area contributed by atoms with Crippen molar-refractivity contribution >= 4 is 15.8 Å². The molecule has 2 aromatic rings. The molecule has 2 aromatic carbocycles. The third-order valence-corrected chi connectivity index (χ3v) is 4.59. The summed E-state index contributed by atoms with van der Waals surface area (Å²) < 4.78 is 51.2. The van der Waals surface area contributed by atoms with E-state index in [2.05, 4.69) is 0 Å². The van der Waals surface area contributed by atoms with Crippen LogP contribution in [0.15, 0.2) is 41.3 Å². The van der Waals surface area contributed by atoms with E-state index >= 15 is 0 Å². The van der Waals surface area contributed by atoms with Gasteiger partial charge < -0.3 is 10.2 Å². The van der Waals surface area contributed by atoms with Crippen molar-refractivity contribution in [1.82, 2.24) is 0 Å². The molecule has 0 unspecified atom stereocenters. The summed E-state index contributed by atoms with van der Waals surface area (Å²) in [7, 11) is -4.05. The molecule has 2 N–H and O–H groups in total. The first-order valence-corrected chi connectivity index (χ1v) is 7.59. The lowest BCUT2D eigenvalue weighted by Crippen LogP contribution is -2.08. The quantitative estimate of drug-likeness (QED) is 0.899. The Morgan fingerprint density at radius 2 is 1.73 bits per heavy atom. The molecule has 2 rings (SSSR count). The van der Waals surface area contributed by atoms with Crippen molar-refractivity contribution in [2.45, 2.75) is 10.6 Å². The number of carbonyl (C=O) groups is 1. The van der Waals surface area contributed by atoms with E-state index in [0.717, 1.165) is 24.3 Å². The fourth-order valence-corrected chi connectivity index (χ4v) is 3.14. The van der Waals surface area contributed by atoms with Gasteiger partial charge in [0.05, 0.1) is 16.2 Å². The lowest BCUT2D eigenvalue weighted by Gasteiger charge is -2.07. The first-order valence-electron chi connectivity index (χ1n) is 5.94. The molecule has 5 nitrogen and oxygen atoms in total. The van der Waals surface area contributed by atoms with E-state index in [0.29, 0.717) is 12.1 Å². The summed E-state index contributed by atoms with van der Waals surface area (Å²) in [5.74, 6) is -4.89. The first kappa shape index (κ1) is 15.9. The fraction of sp³-hybridized carbons (Fsp3) is 0.0714. The third kappa shape index (κ3) is 3.22. The van der Waals surface area contributed by atoms with Crippen LogP contribution in [0, 0.1) is 11.6 Å². The molecule has 0 saturated carbocycles. The molecule has 0 aliphatic heterocycles. The Hall–Kier alpha value is -2.48. The maximum absolute atomic E-state index is 13.8. The zero-order valence-electron chi connectivity index (χ0n) is 11.0. The Balaban J connectivity index is 2.36. The van der Waals surface area contributed by atoms with Gasteiger partial charge in [0.1, 0.15) is 5.82 Å². The maximum atomic E-state index is 13.8. The number of phenolic OH excluding ortho intramolecular Hbond substituents is 1. The molecule has 0 atom stereocenters. The van der Waals surface area contributed by atoms with Gasteiger partial charge in [-0.1, -0.05) is 6.07 Å². The highest BCUT2D eigenvalue weighted by atomic mass is 32.2. The predicted molar refractivity (Wildman–Crippen MR) is 72.3 cm³/mol. The van der Waals surface area contributed by atoms with Gasteiger partial charge in [0, 0.05) is 5.56 Å². The molecule has 0 bridgehead atoms. The molecule has 0 aliphatic carbocycles. The number of aromatic carboxylic acids is 1. The van der Waals surface area contributed by atoms with Crippen LogP contribution in [0.5, 0.6) is 5.75 Å². The van der Waals surface area contributed by atoms with E-state index < -0.39 is 43.8 Å². The van der Waals surface area contributed by atoms with Gasteiger partial charge in [-0.05, 0) is 30.3 Å². The van der Waals surface area contributed by atoms with Crippen molar-refractivity contribution in [2.24, 2.45) is 0 Å². The van der Waals surface area contributed by atoms with Crippen LogP contribution >= 0.6 is 0 Å². The van der Waals surface area contributed by atoms with Crippen LogP contribution in [0.2, 0.25) is 0 Å². The SMILES string of the molecule is O=C(O)c1ccc(CS(=O)(=O)c2ccc(O)c(F)c2)c(F)c1. The van der Waals surface area contributed by atoms with E-state index in [1.807, 2.05) is 0 Å². The van der Waals surface area contributed by atoms with E-state index in [-0.39, 0.29) is 11.1 Å². The molecule has 22 heavy (non-hydrogen) atoms. The van der Waals surface area contributed by atoms with Crippen LogP contribution in [0.3, 0.4) is 0 Å². The maximum Gasteiger partial charge on any atom is 0.335 e. The van der Waals surface area contributed by atoms with Gasteiger partial charge in [-0.15, -0.1) is 0 Å². The number of phenols is 1. The minimum Gasteiger partial charge on any atom is -0.505 e. The lowest BCUT2D eigenvalue weighted by molar-refractivity contribution is 0.0696. The summed E-state index contributed by atoms with van der Waals surface area (Å²) in [6.07, 6.45) is 0. The molecule has 0 aliphatic rings. The van der Waals surface area contributed by atoms with Crippen LogP contribution in [-0.4, -0.2) is 24.6 Å². The van der Waals surface area contributed by atoms with Gasteiger partial charge in [0.25, 0.3) is 0 Å². The molecule has 0 heterocycles. The number of rotatable bonds is 4. The molecule has 0 radical (unpaired) electrons. The number of carboxylic acid groups (broad SMARTS) is 1. The Labute approximate surface area is 124 Å². The van der Waals surface area contributed by atoms with Crippen LogP contribution in [0.1, 0.15) is 15.9 Å². The number of aromatic hydroxyl groups is 1. The number of halogens is 2. The second-order valence-electron chi connectivity index (χ2n) is 4.48. The van der Waals surface area contributed by atoms with Crippen LogP contribution in [0.4, 0.5) is 8.78 Å². The molecule has 0 aromatic heterocycles. The summed E-state index contributed by atoms with van der Waals surface area (Å²) in [5, 5.41) is 17.8. The fourth-order valence-electron chi connectivity index (χ4n) is 1.77. The highest BCUT2D eigenvalue weighted by molar-refractivity contribution is 7.90. The standard InChI is InChI=1S/C14H10F2O5S/c15-11-5-8(14(18)19)1-2-9(11)7-22(20,21)10-3-4-13(17)12(16)6-10/h1-6,17H,7H2,(H,18,19). The Morgan fingerprint density at radius 3 is 2.27 bits per heavy atom. The average Bonchev–Trinajstić information content (AvgIpc) is 2.43. The number of benzene rings is 2. The summed E-state index contributed by atoms with van der Waals surface area (Å²) >= 11 is 0. The molecule has 0 saturated heterocycles. The normalized spacial score (nSPS) is 11.4. The second-order valence-corrected chi connectivity index (χ2v) is 6.47. The van der Waals surface area contributed by atoms with Crippen molar-refractivity contribution in [3.05, 3.63) is 59.2 Å². The average molecular weight is 328 g/mol. The molecule has 0 amide bonds.